The van der Waals surface area contributed by atoms with Gasteiger partial charge in [-0.2, -0.15) is 0 Å². The number of fused-ring (bicyclic) bond motifs is 2. The number of nitrogens with one attached hydrogen (secondary N) is 1. The molecule has 2 amide bonds. The summed E-state index contributed by atoms with van der Waals surface area (Å²) < 4.78 is 1.91. The van der Waals surface area contributed by atoms with E-state index >= 15 is 0 Å². The molecule has 0 spiro atoms. The Kier molecular flexibility index (Phi) is 4.15. The van der Waals surface area contributed by atoms with Crippen LogP contribution in [0.15, 0.2) is 18.6 Å². The van der Waals surface area contributed by atoms with Gasteiger partial charge in [0.2, 0.25) is 11.8 Å². The van der Waals surface area contributed by atoms with Crippen molar-refractivity contribution >= 4 is 23.0 Å². The monoisotopic (exact) mass is 341 g/mol. The molecule has 25 heavy (non-hydrogen) atoms. The number of hydrogen-bond donors (Lipinski definition) is 1. The average Bonchev–Trinajstić information content (AvgIpc) is 3.15. The molecule has 2 saturated heterocycles. The minimum Gasteiger partial charge on any atom is -0.350 e. The predicted molar refractivity (Wildman–Crippen MR) is 92.5 cm³/mol. The molecule has 0 aromatic carbocycles. The molecule has 4 rings (SSSR count). The SMILES string of the molecule is Cn1cnc2ncc(CNC(=O)[C@@H]3CC[C@@H]4CCCCC(=O)N43)cc21. The van der Waals surface area contributed by atoms with E-state index in [0.29, 0.717) is 18.6 Å². The third-order valence-corrected chi connectivity index (χ3v) is 5.37. The molecular weight excluding hydrogens is 318 g/mol. The molecule has 2 aromatic heterocycles. The van der Waals surface area contributed by atoms with Crippen LogP contribution >= 0.6 is 0 Å². The van der Waals surface area contributed by atoms with E-state index in [0.717, 1.165) is 43.2 Å². The van der Waals surface area contributed by atoms with Gasteiger partial charge in [0.1, 0.15) is 6.04 Å². The number of carbonyl (C=O) groups excluding carboxylic acids is 2. The third-order valence-electron chi connectivity index (χ3n) is 5.37. The lowest BCUT2D eigenvalue weighted by Crippen LogP contribution is -2.48. The Morgan fingerprint density at radius 2 is 2.16 bits per heavy atom. The van der Waals surface area contributed by atoms with E-state index in [1.54, 1.807) is 12.5 Å². The highest BCUT2D eigenvalue weighted by atomic mass is 16.2. The van der Waals surface area contributed by atoms with E-state index in [4.69, 9.17) is 0 Å². The molecule has 2 atom stereocenters. The normalized spacial score (nSPS) is 23.6. The Morgan fingerprint density at radius 3 is 3.04 bits per heavy atom. The second kappa shape index (κ2) is 6.46. The highest BCUT2D eigenvalue weighted by molar-refractivity contribution is 5.88. The largest absolute Gasteiger partial charge is 0.350 e. The van der Waals surface area contributed by atoms with Crippen LogP contribution in [0.2, 0.25) is 0 Å². The van der Waals surface area contributed by atoms with Gasteiger partial charge in [-0.25, -0.2) is 9.97 Å². The number of imidazole rings is 1. The zero-order valence-corrected chi connectivity index (χ0v) is 14.4. The van der Waals surface area contributed by atoms with Crippen molar-refractivity contribution in [1.82, 2.24) is 24.8 Å². The van der Waals surface area contributed by atoms with E-state index in [2.05, 4.69) is 15.3 Å². The summed E-state index contributed by atoms with van der Waals surface area (Å²) >= 11 is 0. The maximum absolute atomic E-state index is 12.7. The summed E-state index contributed by atoms with van der Waals surface area (Å²) in [5.41, 5.74) is 2.57. The zero-order valence-electron chi connectivity index (χ0n) is 14.4. The highest BCUT2D eigenvalue weighted by Gasteiger charge is 2.41. The average molecular weight is 341 g/mol. The fourth-order valence-corrected chi connectivity index (χ4v) is 4.04. The van der Waals surface area contributed by atoms with Crippen molar-refractivity contribution in [2.75, 3.05) is 0 Å². The van der Waals surface area contributed by atoms with Crippen molar-refractivity contribution in [2.45, 2.75) is 57.2 Å². The van der Waals surface area contributed by atoms with E-state index < -0.39 is 0 Å². The molecule has 2 aliphatic rings. The first-order valence-electron chi connectivity index (χ1n) is 8.98. The molecule has 2 aliphatic heterocycles. The number of rotatable bonds is 3. The standard InChI is InChI=1S/C18H23N5O2/c1-22-11-21-17-15(22)8-12(9-19-17)10-20-18(25)14-7-6-13-4-2-3-5-16(24)23(13)14/h8-9,11,13-14H,2-7,10H2,1H3,(H,20,25)/t13-,14-/m0/s1. The number of aromatic nitrogens is 3. The highest BCUT2D eigenvalue weighted by Crippen LogP contribution is 2.31. The Bertz CT molecular complexity index is 815. The Labute approximate surface area is 146 Å². The molecule has 0 bridgehead atoms. The summed E-state index contributed by atoms with van der Waals surface area (Å²) in [5, 5.41) is 2.99. The van der Waals surface area contributed by atoms with Gasteiger partial charge >= 0.3 is 0 Å². The van der Waals surface area contributed by atoms with Gasteiger partial charge < -0.3 is 14.8 Å². The van der Waals surface area contributed by atoms with E-state index in [1.165, 1.54) is 0 Å². The van der Waals surface area contributed by atoms with Gasteiger partial charge in [-0.1, -0.05) is 6.42 Å². The lowest BCUT2D eigenvalue weighted by atomic mass is 10.1. The zero-order chi connectivity index (χ0) is 17.4. The van der Waals surface area contributed by atoms with Gasteiger partial charge in [0, 0.05) is 32.3 Å². The predicted octanol–water partition coefficient (Wildman–Crippen LogP) is 1.52. The van der Waals surface area contributed by atoms with Crippen molar-refractivity contribution in [3.8, 4) is 0 Å². The summed E-state index contributed by atoms with van der Waals surface area (Å²) in [5.74, 6) is 0.0842. The summed E-state index contributed by atoms with van der Waals surface area (Å²) in [6.07, 6.45) is 8.79. The van der Waals surface area contributed by atoms with Gasteiger partial charge in [-0.3, -0.25) is 9.59 Å². The lowest BCUT2D eigenvalue weighted by Gasteiger charge is -2.28. The number of amides is 2. The molecule has 2 aromatic rings. The first kappa shape index (κ1) is 16.1. The molecule has 0 unspecified atom stereocenters. The lowest BCUT2D eigenvalue weighted by molar-refractivity contribution is -0.139. The summed E-state index contributed by atoms with van der Waals surface area (Å²) in [6, 6.07) is 1.92. The van der Waals surface area contributed by atoms with Crippen molar-refractivity contribution in [3.05, 3.63) is 24.2 Å². The second-order valence-electron chi connectivity index (χ2n) is 7.05. The molecule has 2 fully saturated rings. The van der Waals surface area contributed by atoms with Crippen LogP contribution in [0.4, 0.5) is 0 Å². The van der Waals surface area contributed by atoms with Gasteiger partial charge in [-0.05, 0) is 37.3 Å². The third kappa shape index (κ3) is 2.99. The van der Waals surface area contributed by atoms with Gasteiger partial charge in [-0.15, -0.1) is 0 Å². The minimum atomic E-state index is -0.316. The van der Waals surface area contributed by atoms with Crippen molar-refractivity contribution in [1.29, 1.82) is 0 Å². The maximum atomic E-state index is 12.7. The number of carbonyl (C=O) groups is 2. The fraction of sp³-hybridized carbons (Fsp3) is 0.556. The molecular formula is C18H23N5O2. The topological polar surface area (TPSA) is 80.1 Å². The first-order valence-corrected chi connectivity index (χ1v) is 8.98. The molecule has 0 radical (unpaired) electrons. The van der Waals surface area contributed by atoms with Crippen LogP contribution in [0.3, 0.4) is 0 Å². The molecule has 0 saturated carbocycles. The van der Waals surface area contributed by atoms with Crippen LogP contribution in [0, 0.1) is 0 Å². The quantitative estimate of drug-likeness (QED) is 0.918. The van der Waals surface area contributed by atoms with Crippen LogP contribution in [-0.4, -0.2) is 43.3 Å². The smallest absolute Gasteiger partial charge is 0.243 e. The summed E-state index contributed by atoms with van der Waals surface area (Å²) in [4.78, 5) is 35.4. The molecule has 132 valence electrons. The van der Waals surface area contributed by atoms with E-state index in [9.17, 15) is 9.59 Å². The van der Waals surface area contributed by atoms with Gasteiger partial charge in [0.15, 0.2) is 5.65 Å². The Morgan fingerprint density at radius 1 is 1.28 bits per heavy atom. The number of aryl methyl sites for hydroxylation is 1. The minimum absolute atomic E-state index is 0.0529. The Hall–Kier alpha value is -2.44. The second-order valence-corrected chi connectivity index (χ2v) is 7.05. The first-order chi connectivity index (χ1) is 12.1. The molecule has 1 N–H and O–H groups in total. The maximum Gasteiger partial charge on any atom is 0.243 e. The molecule has 7 heteroatoms. The fourth-order valence-electron chi connectivity index (χ4n) is 4.04. The number of hydrogen-bond acceptors (Lipinski definition) is 4. The van der Waals surface area contributed by atoms with Crippen molar-refractivity contribution < 1.29 is 9.59 Å². The molecule has 0 aliphatic carbocycles. The van der Waals surface area contributed by atoms with E-state index in [-0.39, 0.29) is 23.9 Å². The van der Waals surface area contributed by atoms with E-state index in [1.807, 2.05) is 22.6 Å². The van der Waals surface area contributed by atoms with Crippen molar-refractivity contribution in [2.24, 2.45) is 7.05 Å². The van der Waals surface area contributed by atoms with Crippen LogP contribution in [0.25, 0.3) is 11.2 Å². The van der Waals surface area contributed by atoms with Crippen molar-refractivity contribution in [3.63, 3.8) is 0 Å². The van der Waals surface area contributed by atoms with Crippen LogP contribution in [-0.2, 0) is 23.2 Å². The molecule has 4 heterocycles. The summed E-state index contributed by atoms with van der Waals surface area (Å²) in [7, 11) is 1.92. The number of pyridine rings is 1. The van der Waals surface area contributed by atoms with Crippen LogP contribution in [0.5, 0.6) is 0 Å². The van der Waals surface area contributed by atoms with Crippen LogP contribution < -0.4 is 5.32 Å². The molecule has 7 nitrogen and oxygen atoms in total. The van der Waals surface area contributed by atoms with Crippen LogP contribution in [0.1, 0.15) is 44.1 Å². The Balaban J connectivity index is 1.44. The summed E-state index contributed by atoms with van der Waals surface area (Å²) in [6.45, 7) is 0.413. The number of nitrogens with zero attached hydrogens (tertiary/aromatic N) is 4. The van der Waals surface area contributed by atoms with Gasteiger partial charge in [0.25, 0.3) is 0 Å². The van der Waals surface area contributed by atoms with Gasteiger partial charge in [0.05, 0.1) is 11.8 Å².